The Hall–Kier alpha value is -4.02. The average molecular weight is 445 g/mol. The van der Waals surface area contributed by atoms with Crippen LogP contribution in [0.3, 0.4) is 0 Å². The van der Waals surface area contributed by atoms with Gasteiger partial charge in [0.05, 0.1) is 17.8 Å². The molecule has 0 radical (unpaired) electrons. The van der Waals surface area contributed by atoms with Crippen molar-refractivity contribution in [2.45, 2.75) is 6.18 Å². The fourth-order valence-electron chi connectivity index (χ4n) is 3.09. The lowest BCUT2D eigenvalue weighted by Gasteiger charge is -2.30. The van der Waals surface area contributed by atoms with Gasteiger partial charge in [-0.15, -0.1) is 0 Å². The number of alkyl halides is 3. The maximum absolute atomic E-state index is 12.9. The van der Waals surface area contributed by atoms with Crippen LogP contribution in [-0.4, -0.2) is 36.2 Å². The van der Waals surface area contributed by atoms with E-state index < -0.39 is 17.8 Å². The number of fused-ring (bicyclic) bond motifs is 1. The molecular weight excluding hydrogens is 427 g/mol. The van der Waals surface area contributed by atoms with Crippen LogP contribution < -0.4 is 25.0 Å². The minimum Gasteiger partial charge on any atom is -0.489 e. The van der Waals surface area contributed by atoms with Gasteiger partial charge in [0, 0.05) is 24.9 Å². The van der Waals surface area contributed by atoms with Gasteiger partial charge in [-0.25, -0.2) is 14.8 Å². The number of urea groups is 1. The number of hydrogen-bond acceptors (Lipinski definition) is 6. The number of benzene rings is 2. The number of aromatic nitrogens is 2. The van der Waals surface area contributed by atoms with Crippen molar-refractivity contribution >= 4 is 23.2 Å². The van der Waals surface area contributed by atoms with Crippen LogP contribution in [0, 0.1) is 0 Å². The van der Waals surface area contributed by atoms with Crippen molar-refractivity contribution in [1.82, 2.24) is 9.97 Å². The molecule has 1 aliphatic rings. The van der Waals surface area contributed by atoms with Gasteiger partial charge in [-0.3, -0.25) is 4.90 Å². The molecule has 0 fully saturated rings. The molecule has 4 rings (SSSR count). The number of rotatable bonds is 4. The summed E-state index contributed by atoms with van der Waals surface area (Å²) in [6, 6.07) is 10.4. The molecule has 11 heteroatoms. The van der Waals surface area contributed by atoms with Crippen LogP contribution in [0.1, 0.15) is 5.56 Å². The minimum absolute atomic E-state index is 0.0434. The van der Waals surface area contributed by atoms with E-state index >= 15 is 0 Å². The predicted molar refractivity (Wildman–Crippen MR) is 111 cm³/mol. The van der Waals surface area contributed by atoms with Gasteiger partial charge in [-0.2, -0.15) is 13.2 Å². The Morgan fingerprint density at radius 3 is 2.78 bits per heavy atom. The molecule has 0 aliphatic carbocycles. The second kappa shape index (κ2) is 8.61. The third-order valence-electron chi connectivity index (χ3n) is 4.60. The SMILES string of the molecule is CNc1cc(Oc2ccc3c(c2)OCCN3C(=O)Nc2cccc(C(F)(F)F)c2)ncn1. The second-order valence-corrected chi connectivity index (χ2v) is 6.73. The first-order chi connectivity index (χ1) is 15.3. The van der Waals surface area contributed by atoms with Gasteiger partial charge in [-0.05, 0) is 30.3 Å². The van der Waals surface area contributed by atoms with Crippen molar-refractivity contribution in [3.63, 3.8) is 0 Å². The van der Waals surface area contributed by atoms with Gasteiger partial charge in [0.2, 0.25) is 5.88 Å². The van der Waals surface area contributed by atoms with Gasteiger partial charge in [0.1, 0.15) is 30.3 Å². The molecule has 0 saturated carbocycles. The highest BCUT2D eigenvalue weighted by atomic mass is 19.4. The fourth-order valence-corrected chi connectivity index (χ4v) is 3.09. The maximum Gasteiger partial charge on any atom is 0.416 e. The lowest BCUT2D eigenvalue weighted by Crippen LogP contribution is -2.40. The van der Waals surface area contributed by atoms with E-state index in [-0.39, 0.29) is 18.8 Å². The minimum atomic E-state index is -4.50. The van der Waals surface area contributed by atoms with E-state index in [0.717, 1.165) is 12.1 Å². The largest absolute Gasteiger partial charge is 0.489 e. The van der Waals surface area contributed by atoms with Crippen LogP contribution in [0.5, 0.6) is 17.4 Å². The highest BCUT2D eigenvalue weighted by Crippen LogP contribution is 2.37. The summed E-state index contributed by atoms with van der Waals surface area (Å²) in [4.78, 5) is 22.2. The molecule has 166 valence electrons. The molecule has 8 nitrogen and oxygen atoms in total. The number of nitrogens with one attached hydrogen (secondary N) is 2. The van der Waals surface area contributed by atoms with Gasteiger partial charge in [0.15, 0.2) is 0 Å². The quantitative estimate of drug-likeness (QED) is 0.602. The summed E-state index contributed by atoms with van der Waals surface area (Å²) in [6.07, 6.45) is -3.14. The van der Waals surface area contributed by atoms with Crippen molar-refractivity contribution in [2.75, 3.05) is 35.7 Å². The first-order valence-corrected chi connectivity index (χ1v) is 9.54. The standard InChI is InChI=1S/C21H18F3N5O3/c1-25-18-11-19(27-12-26-18)32-15-5-6-16-17(10-15)31-8-7-29(16)20(30)28-14-4-2-3-13(9-14)21(22,23)24/h2-6,9-12H,7-8H2,1H3,(H,28,30)(H,25,26,27). The van der Waals surface area contributed by atoms with Crippen molar-refractivity contribution in [3.8, 4) is 17.4 Å². The Labute approximate surface area is 181 Å². The molecule has 1 aliphatic heterocycles. The molecular formula is C21H18F3N5O3. The van der Waals surface area contributed by atoms with Gasteiger partial charge in [-0.1, -0.05) is 6.07 Å². The van der Waals surface area contributed by atoms with E-state index in [9.17, 15) is 18.0 Å². The summed E-state index contributed by atoms with van der Waals surface area (Å²) < 4.78 is 50.2. The van der Waals surface area contributed by atoms with Crippen molar-refractivity contribution in [2.24, 2.45) is 0 Å². The Balaban J connectivity index is 1.51. The highest BCUT2D eigenvalue weighted by molar-refractivity contribution is 6.03. The number of carbonyl (C=O) groups is 1. The topological polar surface area (TPSA) is 88.6 Å². The van der Waals surface area contributed by atoms with E-state index in [1.807, 2.05) is 0 Å². The van der Waals surface area contributed by atoms with Crippen LogP contribution >= 0.6 is 0 Å². The Bertz CT molecular complexity index is 1140. The van der Waals surface area contributed by atoms with Crippen LogP contribution in [0.2, 0.25) is 0 Å². The maximum atomic E-state index is 12.9. The zero-order valence-corrected chi connectivity index (χ0v) is 16.8. The highest BCUT2D eigenvalue weighted by Gasteiger charge is 2.31. The molecule has 32 heavy (non-hydrogen) atoms. The summed E-state index contributed by atoms with van der Waals surface area (Å²) >= 11 is 0. The molecule has 2 heterocycles. The molecule has 2 amide bonds. The van der Waals surface area contributed by atoms with Crippen molar-refractivity contribution in [1.29, 1.82) is 0 Å². The number of carbonyl (C=O) groups excluding carboxylic acids is 1. The molecule has 0 unspecified atom stereocenters. The van der Waals surface area contributed by atoms with Crippen LogP contribution in [0.15, 0.2) is 54.9 Å². The summed E-state index contributed by atoms with van der Waals surface area (Å²) in [5, 5.41) is 5.39. The Morgan fingerprint density at radius 2 is 2.00 bits per heavy atom. The van der Waals surface area contributed by atoms with Gasteiger partial charge >= 0.3 is 12.2 Å². The zero-order valence-electron chi connectivity index (χ0n) is 16.8. The monoisotopic (exact) mass is 445 g/mol. The molecule has 0 saturated heterocycles. The zero-order chi connectivity index (χ0) is 22.7. The van der Waals surface area contributed by atoms with Gasteiger partial charge in [0.25, 0.3) is 0 Å². The van der Waals surface area contributed by atoms with E-state index in [1.54, 1.807) is 31.3 Å². The first kappa shape index (κ1) is 21.2. The average Bonchev–Trinajstić information content (AvgIpc) is 2.78. The molecule has 1 aromatic heterocycles. The smallest absolute Gasteiger partial charge is 0.416 e. The predicted octanol–water partition coefficient (Wildman–Crippen LogP) is 4.76. The Kier molecular flexibility index (Phi) is 5.71. The number of halogens is 3. The van der Waals surface area contributed by atoms with Crippen LogP contribution in [0.25, 0.3) is 0 Å². The molecule has 0 atom stereocenters. The van der Waals surface area contributed by atoms with Crippen LogP contribution in [0.4, 0.5) is 35.2 Å². The Morgan fingerprint density at radius 1 is 1.16 bits per heavy atom. The van der Waals surface area contributed by atoms with E-state index in [0.29, 0.717) is 28.9 Å². The molecule has 0 bridgehead atoms. The molecule has 2 aromatic carbocycles. The first-order valence-electron chi connectivity index (χ1n) is 9.54. The number of ether oxygens (including phenoxy) is 2. The molecule has 2 N–H and O–H groups in total. The molecule has 0 spiro atoms. The van der Waals surface area contributed by atoms with Crippen molar-refractivity contribution < 1.29 is 27.4 Å². The van der Waals surface area contributed by atoms with E-state index in [1.165, 1.54) is 23.4 Å². The third kappa shape index (κ3) is 4.66. The number of nitrogens with zero attached hydrogens (tertiary/aromatic N) is 3. The third-order valence-corrected chi connectivity index (χ3v) is 4.60. The lowest BCUT2D eigenvalue weighted by atomic mass is 10.2. The summed E-state index contributed by atoms with van der Waals surface area (Å²) in [5.74, 6) is 1.74. The number of hydrogen-bond donors (Lipinski definition) is 2. The number of anilines is 3. The van der Waals surface area contributed by atoms with Crippen molar-refractivity contribution in [3.05, 3.63) is 60.4 Å². The van der Waals surface area contributed by atoms with Crippen LogP contribution in [-0.2, 0) is 6.18 Å². The second-order valence-electron chi connectivity index (χ2n) is 6.73. The lowest BCUT2D eigenvalue weighted by molar-refractivity contribution is -0.137. The summed E-state index contributed by atoms with van der Waals surface area (Å²) in [6.45, 7) is 0.444. The summed E-state index contributed by atoms with van der Waals surface area (Å²) in [5.41, 5.74) is -0.334. The fraction of sp³-hybridized carbons (Fsp3) is 0.190. The van der Waals surface area contributed by atoms with E-state index in [4.69, 9.17) is 9.47 Å². The molecule has 3 aromatic rings. The van der Waals surface area contributed by atoms with Gasteiger partial charge < -0.3 is 20.1 Å². The normalized spacial score (nSPS) is 13.1. The number of amides is 2. The van der Waals surface area contributed by atoms with E-state index in [2.05, 4.69) is 20.6 Å². The summed E-state index contributed by atoms with van der Waals surface area (Å²) in [7, 11) is 1.72.